The molecular formula is C11H19N3S. The molecule has 1 unspecified atom stereocenters. The molecule has 2 heterocycles. The van der Waals surface area contributed by atoms with Gasteiger partial charge in [0, 0.05) is 18.3 Å². The normalized spacial score (nSPS) is 21.8. The topological polar surface area (TPSA) is 37.0 Å². The first-order valence-corrected chi connectivity index (χ1v) is 6.55. The van der Waals surface area contributed by atoms with Crippen LogP contribution in [-0.2, 0) is 13.0 Å². The highest BCUT2D eigenvalue weighted by atomic mass is 32.1. The van der Waals surface area contributed by atoms with Crippen molar-refractivity contribution in [1.29, 1.82) is 0 Å². The summed E-state index contributed by atoms with van der Waals surface area (Å²) in [6.45, 7) is 3.25. The second-order valence-electron chi connectivity index (χ2n) is 4.18. The predicted octanol–water partition coefficient (Wildman–Crippen LogP) is 1.40. The molecule has 0 aliphatic carbocycles. The van der Waals surface area contributed by atoms with Gasteiger partial charge in [0.05, 0.1) is 10.7 Å². The summed E-state index contributed by atoms with van der Waals surface area (Å²) in [6, 6.07) is 0. The van der Waals surface area contributed by atoms with E-state index in [1.807, 2.05) is 7.05 Å². The fraction of sp³-hybridized carbons (Fsp3) is 0.727. The van der Waals surface area contributed by atoms with Crippen molar-refractivity contribution in [1.82, 2.24) is 15.6 Å². The molecular weight excluding hydrogens is 206 g/mol. The highest BCUT2D eigenvalue weighted by Gasteiger charge is 2.15. The summed E-state index contributed by atoms with van der Waals surface area (Å²) in [5.41, 5.74) is 1.18. The van der Waals surface area contributed by atoms with E-state index in [0.717, 1.165) is 18.9 Å². The highest BCUT2D eigenvalue weighted by molar-refractivity contribution is 7.09. The molecule has 15 heavy (non-hydrogen) atoms. The lowest BCUT2D eigenvalue weighted by atomic mass is 9.97. The lowest BCUT2D eigenvalue weighted by molar-refractivity contribution is 0.375. The Morgan fingerprint density at radius 1 is 1.67 bits per heavy atom. The molecule has 84 valence electrons. The van der Waals surface area contributed by atoms with E-state index in [1.165, 1.54) is 36.6 Å². The zero-order valence-corrected chi connectivity index (χ0v) is 10.1. The monoisotopic (exact) mass is 225 g/mol. The van der Waals surface area contributed by atoms with Crippen LogP contribution in [0.3, 0.4) is 0 Å². The number of hydrogen-bond acceptors (Lipinski definition) is 4. The molecule has 1 aliphatic rings. The Labute approximate surface area is 95.3 Å². The largest absolute Gasteiger partial charge is 0.316 e. The van der Waals surface area contributed by atoms with Gasteiger partial charge < -0.3 is 10.6 Å². The maximum atomic E-state index is 4.62. The summed E-state index contributed by atoms with van der Waals surface area (Å²) < 4.78 is 0. The molecule has 1 saturated heterocycles. The molecule has 1 aromatic rings. The Morgan fingerprint density at radius 3 is 3.33 bits per heavy atom. The second kappa shape index (κ2) is 5.58. The Balaban J connectivity index is 1.86. The van der Waals surface area contributed by atoms with Crippen LogP contribution in [0.15, 0.2) is 5.38 Å². The van der Waals surface area contributed by atoms with Crippen molar-refractivity contribution in [3.63, 3.8) is 0 Å². The number of nitrogens with zero attached hydrogens (tertiary/aromatic N) is 1. The zero-order chi connectivity index (χ0) is 10.5. The third kappa shape index (κ3) is 3.26. The fourth-order valence-corrected chi connectivity index (χ4v) is 2.96. The average molecular weight is 225 g/mol. The van der Waals surface area contributed by atoms with Crippen molar-refractivity contribution in [2.24, 2.45) is 5.92 Å². The van der Waals surface area contributed by atoms with E-state index in [0.29, 0.717) is 0 Å². The quantitative estimate of drug-likeness (QED) is 0.813. The summed E-state index contributed by atoms with van der Waals surface area (Å²) in [5, 5.41) is 10.1. The number of hydrogen-bond donors (Lipinski definition) is 2. The van der Waals surface area contributed by atoms with Gasteiger partial charge >= 0.3 is 0 Å². The van der Waals surface area contributed by atoms with Crippen LogP contribution in [0.4, 0.5) is 0 Å². The Kier molecular flexibility index (Phi) is 4.11. The van der Waals surface area contributed by atoms with Crippen molar-refractivity contribution in [2.75, 3.05) is 20.1 Å². The van der Waals surface area contributed by atoms with Crippen LogP contribution in [0.25, 0.3) is 0 Å². The molecule has 1 fully saturated rings. The van der Waals surface area contributed by atoms with Crippen LogP contribution in [0.1, 0.15) is 23.5 Å². The number of rotatable bonds is 4. The summed E-state index contributed by atoms with van der Waals surface area (Å²) in [6.07, 6.45) is 3.83. The smallest absolute Gasteiger partial charge is 0.0932 e. The molecule has 0 saturated carbocycles. The summed E-state index contributed by atoms with van der Waals surface area (Å²) in [4.78, 5) is 4.62. The van der Waals surface area contributed by atoms with Crippen molar-refractivity contribution in [3.8, 4) is 0 Å². The molecule has 0 amide bonds. The highest BCUT2D eigenvalue weighted by Crippen LogP contribution is 2.19. The van der Waals surface area contributed by atoms with Crippen molar-refractivity contribution >= 4 is 11.3 Å². The van der Waals surface area contributed by atoms with Gasteiger partial charge in [-0.25, -0.2) is 4.98 Å². The van der Waals surface area contributed by atoms with Gasteiger partial charge in [-0.15, -0.1) is 11.3 Å². The standard InChI is InChI=1S/C11H19N3S/c1-12-7-10-8-15-11(14-10)5-9-3-2-4-13-6-9/h8-9,12-13H,2-7H2,1H3. The number of aromatic nitrogens is 1. The number of thiazole rings is 1. The van der Waals surface area contributed by atoms with Gasteiger partial charge in [0.25, 0.3) is 0 Å². The van der Waals surface area contributed by atoms with Gasteiger partial charge in [-0.3, -0.25) is 0 Å². The summed E-state index contributed by atoms with van der Waals surface area (Å²) >= 11 is 1.80. The summed E-state index contributed by atoms with van der Waals surface area (Å²) in [5.74, 6) is 0.798. The van der Waals surface area contributed by atoms with E-state index < -0.39 is 0 Å². The van der Waals surface area contributed by atoms with E-state index in [4.69, 9.17) is 0 Å². The molecule has 1 aromatic heterocycles. The van der Waals surface area contributed by atoms with Crippen molar-refractivity contribution in [3.05, 3.63) is 16.1 Å². The predicted molar refractivity (Wildman–Crippen MR) is 64.2 cm³/mol. The average Bonchev–Trinajstić information content (AvgIpc) is 2.68. The Hall–Kier alpha value is -0.450. The number of piperidine rings is 1. The van der Waals surface area contributed by atoms with Gasteiger partial charge in [-0.05, 0) is 38.9 Å². The molecule has 0 aromatic carbocycles. The molecule has 0 bridgehead atoms. The van der Waals surface area contributed by atoms with Crippen molar-refractivity contribution in [2.45, 2.75) is 25.8 Å². The van der Waals surface area contributed by atoms with E-state index in [-0.39, 0.29) is 0 Å². The van der Waals surface area contributed by atoms with Crippen LogP contribution >= 0.6 is 11.3 Å². The second-order valence-corrected chi connectivity index (χ2v) is 5.12. The molecule has 1 aliphatic heterocycles. The lowest BCUT2D eigenvalue weighted by Crippen LogP contribution is -2.30. The van der Waals surface area contributed by atoms with Crippen LogP contribution in [0, 0.1) is 5.92 Å². The van der Waals surface area contributed by atoms with Gasteiger partial charge in [0.2, 0.25) is 0 Å². The fourth-order valence-electron chi connectivity index (χ4n) is 2.05. The van der Waals surface area contributed by atoms with Crippen LogP contribution in [-0.4, -0.2) is 25.1 Å². The molecule has 4 heteroatoms. The third-order valence-corrected chi connectivity index (χ3v) is 3.74. The SMILES string of the molecule is CNCc1csc(CC2CCCNC2)n1. The maximum absolute atomic E-state index is 4.62. The lowest BCUT2D eigenvalue weighted by Gasteiger charge is -2.21. The molecule has 3 nitrogen and oxygen atoms in total. The first-order valence-electron chi connectivity index (χ1n) is 5.67. The minimum Gasteiger partial charge on any atom is -0.316 e. The Morgan fingerprint density at radius 2 is 2.60 bits per heavy atom. The van der Waals surface area contributed by atoms with Gasteiger partial charge in [0.15, 0.2) is 0 Å². The third-order valence-electron chi connectivity index (χ3n) is 2.82. The van der Waals surface area contributed by atoms with Gasteiger partial charge in [-0.2, -0.15) is 0 Å². The van der Waals surface area contributed by atoms with E-state index >= 15 is 0 Å². The molecule has 1 atom stereocenters. The van der Waals surface area contributed by atoms with Gasteiger partial charge in [0.1, 0.15) is 0 Å². The minimum atomic E-state index is 0.798. The first-order chi connectivity index (χ1) is 7.38. The molecule has 0 spiro atoms. The van der Waals surface area contributed by atoms with Crippen LogP contribution in [0.5, 0.6) is 0 Å². The van der Waals surface area contributed by atoms with Gasteiger partial charge in [-0.1, -0.05) is 0 Å². The zero-order valence-electron chi connectivity index (χ0n) is 9.25. The van der Waals surface area contributed by atoms with E-state index in [2.05, 4.69) is 21.0 Å². The van der Waals surface area contributed by atoms with Crippen LogP contribution in [0.2, 0.25) is 0 Å². The van der Waals surface area contributed by atoms with E-state index in [9.17, 15) is 0 Å². The Bertz CT molecular complexity index is 292. The minimum absolute atomic E-state index is 0.798. The molecule has 0 radical (unpaired) electrons. The maximum Gasteiger partial charge on any atom is 0.0932 e. The first kappa shape index (κ1) is 11.0. The number of nitrogens with one attached hydrogen (secondary N) is 2. The van der Waals surface area contributed by atoms with Crippen LogP contribution < -0.4 is 10.6 Å². The molecule has 2 N–H and O–H groups in total. The van der Waals surface area contributed by atoms with Crippen molar-refractivity contribution < 1.29 is 0 Å². The molecule has 2 rings (SSSR count). The summed E-state index contributed by atoms with van der Waals surface area (Å²) in [7, 11) is 1.96. The van der Waals surface area contributed by atoms with E-state index in [1.54, 1.807) is 11.3 Å².